The van der Waals surface area contributed by atoms with Crippen LogP contribution in [0.5, 0.6) is 0 Å². The van der Waals surface area contributed by atoms with Crippen molar-refractivity contribution in [1.82, 2.24) is 9.80 Å². The van der Waals surface area contributed by atoms with Gasteiger partial charge in [0.1, 0.15) is 0 Å². The number of aryl methyl sites for hydroxylation is 1. The molecule has 1 heterocycles. The number of piperidine rings is 1. The molecule has 0 N–H and O–H groups in total. The molecule has 0 aliphatic carbocycles. The summed E-state index contributed by atoms with van der Waals surface area (Å²) in [6, 6.07) is 27.8. The Hall–Kier alpha value is -2.75. The van der Waals surface area contributed by atoms with Gasteiger partial charge in [-0.3, -0.25) is 14.6 Å². The van der Waals surface area contributed by atoms with Gasteiger partial charge in [0.05, 0.1) is 0 Å². The zero-order chi connectivity index (χ0) is 30.6. The Balaban J connectivity index is 0.00000148. The highest BCUT2D eigenvalue weighted by Gasteiger charge is 2.19. The quantitative estimate of drug-likeness (QED) is 0.180. The van der Waals surface area contributed by atoms with Crippen LogP contribution in [0.15, 0.2) is 78.9 Å². The molecular weight excluding hydrogens is 512 g/mol. The summed E-state index contributed by atoms with van der Waals surface area (Å²) in [6.45, 7) is 18.8. The molecule has 0 radical (unpaired) electrons. The Bertz CT molecular complexity index is 1120. The summed E-state index contributed by atoms with van der Waals surface area (Å²) in [4.78, 5) is 18.2. The van der Waals surface area contributed by atoms with E-state index >= 15 is 0 Å². The summed E-state index contributed by atoms with van der Waals surface area (Å²) in [6.07, 6.45) is 7.73. The van der Waals surface area contributed by atoms with Gasteiger partial charge < -0.3 is 0 Å². The minimum absolute atomic E-state index is 0.298. The van der Waals surface area contributed by atoms with E-state index in [1.165, 1.54) is 67.4 Å². The summed E-state index contributed by atoms with van der Waals surface area (Å²) >= 11 is 0. The smallest absolute Gasteiger partial charge is 0.162 e. The van der Waals surface area contributed by atoms with E-state index in [9.17, 15) is 4.79 Å². The highest BCUT2D eigenvalue weighted by atomic mass is 16.1. The Morgan fingerprint density at radius 2 is 1.48 bits per heavy atom. The second-order valence-electron chi connectivity index (χ2n) is 11.2. The van der Waals surface area contributed by atoms with E-state index in [1.807, 2.05) is 33.8 Å². The molecule has 3 heteroatoms. The van der Waals surface area contributed by atoms with Crippen LogP contribution in [0.2, 0.25) is 0 Å². The van der Waals surface area contributed by atoms with Crippen LogP contribution in [0, 0.1) is 12.8 Å². The molecule has 1 aliphatic heterocycles. The molecule has 230 valence electrons. The number of nitrogens with zero attached hydrogens (tertiary/aromatic N) is 2. The predicted molar refractivity (Wildman–Crippen MR) is 182 cm³/mol. The fraction of sp³-hybridized carbons (Fsp3) is 0.513. The molecule has 0 spiro atoms. The summed E-state index contributed by atoms with van der Waals surface area (Å²) in [5.74, 6) is 1.06. The van der Waals surface area contributed by atoms with Gasteiger partial charge in [0.25, 0.3) is 0 Å². The van der Waals surface area contributed by atoms with E-state index in [0.29, 0.717) is 12.2 Å². The van der Waals surface area contributed by atoms with Gasteiger partial charge in [0.15, 0.2) is 5.78 Å². The van der Waals surface area contributed by atoms with Crippen molar-refractivity contribution in [1.29, 1.82) is 0 Å². The molecule has 0 saturated carbocycles. The number of hydrogen-bond acceptors (Lipinski definition) is 3. The maximum Gasteiger partial charge on any atom is 0.162 e. The van der Waals surface area contributed by atoms with Gasteiger partial charge in [-0.2, -0.15) is 0 Å². The Labute approximate surface area is 258 Å². The number of unbranched alkanes of at least 4 members (excludes halogenated alkanes) is 1. The monoisotopic (exact) mass is 570 g/mol. The number of hydrogen-bond donors (Lipinski definition) is 0. The highest BCUT2D eigenvalue weighted by Crippen LogP contribution is 2.24. The van der Waals surface area contributed by atoms with Crippen molar-refractivity contribution < 1.29 is 4.79 Å². The van der Waals surface area contributed by atoms with E-state index in [4.69, 9.17) is 0 Å². The molecule has 3 aromatic rings. The Morgan fingerprint density at radius 3 is 2.17 bits per heavy atom. The third kappa shape index (κ3) is 12.6. The third-order valence-corrected chi connectivity index (χ3v) is 8.11. The topological polar surface area (TPSA) is 23.6 Å². The summed E-state index contributed by atoms with van der Waals surface area (Å²) in [7, 11) is 0. The fourth-order valence-electron chi connectivity index (χ4n) is 5.70. The second-order valence-corrected chi connectivity index (χ2v) is 11.2. The van der Waals surface area contributed by atoms with Crippen LogP contribution in [-0.4, -0.2) is 35.2 Å². The molecular formula is C39H58N2O. The summed E-state index contributed by atoms with van der Waals surface area (Å²) < 4.78 is 0. The van der Waals surface area contributed by atoms with E-state index in [0.717, 1.165) is 44.1 Å². The van der Waals surface area contributed by atoms with Crippen LogP contribution in [0.1, 0.15) is 112 Å². The summed E-state index contributed by atoms with van der Waals surface area (Å²) in [5.41, 5.74) is 6.27. The lowest BCUT2D eigenvalue weighted by atomic mass is 9.90. The normalized spacial score (nSPS) is 13.6. The van der Waals surface area contributed by atoms with E-state index < -0.39 is 0 Å². The van der Waals surface area contributed by atoms with Crippen molar-refractivity contribution in [2.45, 2.75) is 106 Å². The van der Waals surface area contributed by atoms with Gasteiger partial charge in [-0.25, -0.2) is 0 Å². The third-order valence-electron chi connectivity index (χ3n) is 8.11. The molecule has 0 amide bonds. The molecule has 4 rings (SSSR count). The number of Topliss-reactive ketones (excluding diaryl/α,β-unsaturated/α-hetero) is 1. The van der Waals surface area contributed by atoms with Crippen LogP contribution in [-0.2, 0) is 19.6 Å². The lowest BCUT2D eigenvalue weighted by Gasteiger charge is -2.32. The zero-order valence-corrected chi connectivity index (χ0v) is 27.6. The van der Waals surface area contributed by atoms with Gasteiger partial charge in [0, 0.05) is 31.6 Å². The van der Waals surface area contributed by atoms with E-state index in [1.54, 1.807) is 0 Å². The number of benzene rings is 3. The lowest BCUT2D eigenvalue weighted by molar-refractivity contribution is 0.0973. The van der Waals surface area contributed by atoms with Crippen molar-refractivity contribution in [3.8, 4) is 0 Å². The standard InChI is InChI=1S/C35H46N2O.2C2H6/c1-3-4-22-37(28-34-17-9-8-12-29(34)2)27-32-16-10-18-33(25-32)35(38)19-11-15-30-20-23-36(24-21-30)26-31-13-6-5-7-14-31;2*1-2/h5-10,12-14,16-18,25,30H,3-4,11,15,19-24,26-28H2,1-2H3;2*1-2H3. The highest BCUT2D eigenvalue weighted by molar-refractivity contribution is 5.96. The maximum atomic E-state index is 13.1. The van der Waals surface area contributed by atoms with Gasteiger partial charge >= 0.3 is 0 Å². The molecule has 3 aromatic carbocycles. The number of carbonyl (C=O) groups excluding carboxylic acids is 1. The molecule has 3 nitrogen and oxygen atoms in total. The SMILES string of the molecule is CC.CC.CCCCN(Cc1cccc(C(=O)CCCC2CCN(Cc3ccccc3)CC2)c1)Cc1ccccc1C. The minimum Gasteiger partial charge on any atom is -0.299 e. The number of carbonyl (C=O) groups is 1. The van der Waals surface area contributed by atoms with Gasteiger partial charge in [-0.1, -0.05) is 114 Å². The first-order valence-electron chi connectivity index (χ1n) is 16.8. The average molecular weight is 571 g/mol. The van der Waals surface area contributed by atoms with Crippen molar-refractivity contribution in [2.75, 3.05) is 19.6 Å². The molecule has 1 fully saturated rings. The first-order chi connectivity index (χ1) is 20.6. The van der Waals surface area contributed by atoms with E-state index in [2.05, 4.69) is 96.4 Å². The first-order valence-corrected chi connectivity index (χ1v) is 16.8. The molecule has 1 aliphatic rings. The molecule has 0 unspecified atom stereocenters. The fourth-order valence-corrected chi connectivity index (χ4v) is 5.70. The molecule has 1 saturated heterocycles. The summed E-state index contributed by atoms with van der Waals surface area (Å²) in [5, 5.41) is 0. The zero-order valence-electron chi connectivity index (χ0n) is 27.6. The van der Waals surface area contributed by atoms with Gasteiger partial charge in [-0.05, 0) is 92.9 Å². The minimum atomic E-state index is 0.298. The molecule has 42 heavy (non-hydrogen) atoms. The van der Waals surface area contributed by atoms with Crippen LogP contribution in [0.3, 0.4) is 0 Å². The Morgan fingerprint density at radius 1 is 0.810 bits per heavy atom. The van der Waals surface area contributed by atoms with Crippen LogP contribution in [0.25, 0.3) is 0 Å². The average Bonchev–Trinajstić information content (AvgIpc) is 3.04. The van der Waals surface area contributed by atoms with Gasteiger partial charge in [0.2, 0.25) is 0 Å². The maximum absolute atomic E-state index is 13.1. The van der Waals surface area contributed by atoms with Gasteiger partial charge in [-0.15, -0.1) is 0 Å². The lowest BCUT2D eigenvalue weighted by Crippen LogP contribution is -2.33. The largest absolute Gasteiger partial charge is 0.299 e. The van der Waals surface area contributed by atoms with Crippen molar-refractivity contribution in [3.63, 3.8) is 0 Å². The molecule has 0 aromatic heterocycles. The van der Waals surface area contributed by atoms with Crippen molar-refractivity contribution >= 4 is 5.78 Å². The molecule has 0 atom stereocenters. The number of rotatable bonds is 14. The second kappa shape index (κ2) is 21.0. The predicted octanol–water partition coefficient (Wildman–Crippen LogP) is 10.1. The Kier molecular flexibility index (Phi) is 17.7. The van der Waals surface area contributed by atoms with Crippen LogP contribution in [0.4, 0.5) is 0 Å². The first kappa shape index (κ1) is 35.4. The number of ketones is 1. The van der Waals surface area contributed by atoms with Crippen LogP contribution < -0.4 is 0 Å². The van der Waals surface area contributed by atoms with Crippen molar-refractivity contribution in [2.24, 2.45) is 5.92 Å². The van der Waals surface area contributed by atoms with Crippen LogP contribution >= 0.6 is 0 Å². The van der Waals surface area contributed by atoms with Crippen molar-refractivity contribution in [3.05, 3.63) is 107 Å². The van der Waals surface area contributed by atoms with E-state index in [-0.39, 0.29) is 0 Å². The molecule has 0 bridgehead atoms. The number of likely N-dealkylation sites (tertiary alicyclic amines) is 1.